The fraction of sp³-hybridized carbons (Fsp3) is 0.176. The van der Waals surface area contributed by atoms with Crippen LogP contribution < -0.4 is 9.46 Å². The van der Waals surface area contributed by atoms with E-state index in [4.69, 9.17) is 4.74 Å². The number of nitrogens with one attached hydrogen (secondary N) is 1. The second-order valence-corrected chi connectivity index (χ2v) is 7.08. The molecule has 0 fully saturated rings. The molecule has 0 aliphatic heterocycles. The lowest BCUT2D eigenvalue weighted by Gasteiger charge is -2.09. The van der Waals surface area contributed by atoms with Gasteiger partial charge in [0.05, 0.1) is 19.3 Å². The maximum Gasteiger partial charge on any atom is 0.264 e. The van der Waals surface area contributed by atoms with Gasteiger partial charge in [-0.1, -0.05) is 30.3 Å². The van der Waals surface area contributed by atoms with Crippen LogP contribution in [0.2, 0.25) is 0 Å². The summed E-state index contributed by atoms with van der Waals surface area (Å²) in [5.41, 5.74) is 1.44. The Balaban J connectivity index is 1.78. The Kier molecular flexibility index (Phi) is 4.71. The van der Waals surface area contributed by atoms with Crippen molar-refractivity contribution in [3.05, 3.63) is 66.0 Å². The molecule has 3 rings (SSSR count). The number of hydrogen-bond donors (Lipinski definition) is 1. The molecular weight excluding hydrogens is 340 g/mol. The molecule has 130 valence electrons. The van der Waals surface area contributed by atoms with Crippen LogP contribution in [0.5, 0.6) is 5.88 Å². The third kappa shape index (κ3) is 3.97. The van der Waals surface area contributed by atoms with Crippen molar-refractivity contribution < 1.29 is 13.2 Å². The number of anilines is 1. The lowest BCUT2D eigenvalue weighted by atomic mass is 10.2. The zero-order valence-corrected chi connectivity index (χ0v) is 14.7. The molecule has 3 aromatic rings. The highest BCUT2D eigenvalue weighted by Crippen LogP contribution is 2.20. The van der Waals surface area contributed by atoms with Gasteiger partial charge < -0.3 is 4.74 Å². The van der Waals surface area contributed by atoms with Gasteiger partial charge in [0.25, 0.3) is 10.0 Å². The van der Waals surface area contributed by atoms with Crippen molar-refractivity contribution in [3.63, 3.8) is 0 Å². The summed E-state index contributed by atoms with van der Waals surface area (Å²) in [5, 5.41) is 4.26. The van der Waals surface area contributed by atoms with Crippen molar-refractivity contribution in [1.82, 2.24) is 14.8 Å². The number of pyridine rings is 1. The Hall–Kier alpha value is -2.87. The lowest BCUT2D eigenvalue weighted by Crippen LogP contribution is -2.15. The molecule has 0 atom stereocenters. The van der Waals surface area contributed by atoms with Crippen LogP contribution in [0.15, 0.2) is 59.6 Å². The van der Waals surface area contributed by atoms with Crippen LogP contribution in [0.1, 0.15) is 11.3 Å². The number of ether oxygens (including phenoxy) is 1. The molecule has 0 amide bonds. The van der Waals surface area contributed by atoms with Gasteiger partial charge in [-0.05, 0) is 18.6 Å². The van der Waals surface area contributed by atoms with Crippen LogP contribution in [0.25, 0.3) is 0 Å². The SMILES string of the molecule is COc1ccc(S(=O)(=O)Nc2ccn(Cc3ccccc3)n2)c(C)n1. The van der Waals surface area contributed by atoms with Gasteiger partial charge in [0.2, 0.25) is 5.88 Å². The maximum absolute atomic E-state index is 12.5. The predicted octanol–water partition coefficient (Wildman–Crippen LogP) is 2.44. The largest absolute Gasteiger partial charge is 0.481 e. The van der Waals surface area contributed by atoms with E-state index in [1.807, 2.05) is 30.3 Å². The van der Waals surface area contributed by atoms with Crippen molar-refractivity contribution in [2.24, 2.45) is 0 Å². The number of nitrogens with zero attached hydrogens (tertiary/aromatic N) is 3. The highest BCUT2D eigenvalue weighted by molar-refractivity contribution is 7.92. The van der Waals surface area contributed by atoms with Crippen molar-refractivity contribution in [2.75, 3.05) is 11.8 Å². The Bertz CT molecular complexity index is 969. The monoisotopic (exact) mass is 358 g/mol. The van der Waals surface area contributed by atoms with E-state index in [0.717, 1.165) is 5.56 Å². The molecule has 1 aromatic carbocycles. The van der Waals surface area contributed by atoms with Crippen LogP contribution in [-0.4, -0.2) is 30.3 Å². The van der Waals surface area contributed by atoms with E-state index in [-0.39, 0.29) is 10.7 Å². The Labute approximate surface area is 146 Å². The summed E-state index contributed by atoms with van der Waals surface area (Å²) in [6.07, 6.45) is 1.73. The molecule has 0 unspecified atom stereocenters. The van der Waals surface area contributed by atoms with E-state index in [9.17, 15) is 8.42 Å². The zero-order valence-electron chi connectivity index (χ0n) is 13.9. The van der Waals surface area contributed by atoms with Crippen molar-refractivity contribution in [2.45, 2.75) is 18.4 Å². The number of aryl methyl sites for hydroxylation is 1. The second-order valence-electron chi connectivity index (χ2n) is 5.43. The van der Waals surface area contributed by atoms with Crippen molar-refractivity contribution >= 4 is 15.8 Å². The smallest absolute Gasteiger partial charge is 0.264 e. The van der Waals surface area contributed by atoms with Gasteiger partial charge in [-0.3, -0.25) is 9.40 Å². The number of rotatable bonds is 6. The van der Waals surface area contributed by atoms with Gasteiger partial charge in [0.1, 0.15) is 4.90 Å². The van der Waals surface area contributed by atoms with Gasteiger partial charge in [-0.2, -0.15) is 5.10 Å². The first-order chi connectivity index (χ1) is 12.0. The number of methoxy groups -OCH3 is 1. The van der Waals surface area contributed by atoms with E-state index in [2.05, 4.69) is 14.8 Å². The molecule has 2 heterocycles. The summed E-state index contributed by atoms with van der Waals surface area (Å²) in [6.45, 7) is 2.18. The van der Waals surface area contributed by atoms with Gasteiger partial charge in [0, 0.05) is 18.3 Å². The number of aromatic nitrogens is 3. The van der Waals surface area contributed by atoms with E-state index in [0.29, 0.717) is 18.1 Å². The molecule has 0 saturated carbocycles. The molecule has 8 heteroatoms. The standard InChI is InChI=1S/C17H18N4O3S/c1-13-15(8-9-17(18-13)24-2)25(22,23)20-16-10-11-21(19-16)12-14-6-4-3-5-7-14/h3-11H,12H2,1-2H3,(H,19,20). The molecule has 2 aromatic heterocycles. The molecular formula is C17H18N4O3S. The van der Waals surface area contributed by atoms with E-state index in [1.54, 1.807) is 23.9 Å². The fourth-order valence-electron chi connectivity index (χ4n) is 2.39. The average Bonchev–Trinajstić information content (AvgIpc) is 3.01. The summed E-state index contributed by atoms with van der Waals surface area (Å²) in [6, 6.07) is 14.4. The molecule has 0 spiro atoms. The van der Waals surface area contributed by atoms with E-state index < -0.39 is 10.0 Å². The first-order valence-corrected chi connectivity index (χ1v) is 9.08. The topological polar surface area (TPSA) is 86.1 Å². The molecule has 1 N–H and O–H groups in total. The normalized spacial score (nSPS) is 11.3. The summed E-state index contributed by atoms with van der Waals surface area (Å²) >= 11 is 0. The Morgan fingerprint density at radius 2 is 1.88 bits per heavy atom. The highest BCUT2D eigenvalue weighted by Gasteiger charge is 2.19. The first kappa shape index (κ1) is 17.0. The fourth-order valence-corrected chi connectivity index (χ4v) is 3.57. The molecule has 25 heavy (non-hydrogen) atoms. The van der Waals surface area contributed by atoms with Crippen LogP contribution in [0.3, 0.4) is 0 Å². The van der Waals surface area contributed by atoms with Gasteiger partial charge in [0.15, 0.2) is 5.82 Å². The van der Waals surface area contributed by atoms with Gasteiger partial charge >= 0.3 is 0 Å². The molecule has 0 aliphatic carbocycles. The molecule has 0 saturated heterocycles. The third-order valence-electron chi connectivity index (χ3n) is 3.58. The minimum atomic E-state index is -3.77. The quantitative estimate of drug-likeness (QED) is 0.731. The van der Waals surface area contributed by atoms with E-state index >= 15 is 0 Å². The molecule has 0 aliphatic rings. The van der Waals surface area contributed by atoms with Crippen LogP contribution in [0, 0.1) is 6.92 Å². The van der Waals surface area contributed by atoms with Crippen LogP contribution >= 0.6 is 0 Å². The number of hydrogen-bond acceptors (Lipinski definition) is 5. The Morgan fingerprint density at radius 1 is 1.12 bits per heavy atom. The zero-order chi connectivity index (χ0) is 17.9. The summed E-state index contributed by atoms with van der Waals surface area (Å²) < 4.78 is 34.2. The number of sulfonamides is 1. The Morgan fingerprint density at radius 3 is 2.56 bits per heavy atom. The lowest BCUT2D eigenvalue weighted by molar-refractivity contribution is 0.396. The molecule has 0 radical (unpaired) electrons. The minimum Gasteiger partial charge on any atom is -0.481 e. The van der Waals surface area contributed by atoms with Gasteiger partial charge in [-0.25, -0.2) is 13.4 Å². The van der Waals surface area contributed by atoms with Crippen LogP contribution in [0.4, 0.5) is 5.82 Å². The average molecular weight is 358 g/mol. The van der Waals surface area contributed by atoms with Crippen molar-refractivity contribution in [3.8, 4) is 5.88 Å². The first-order valence-electron chi connectivity index (χ1n) is 7.60. The maximum atomic E-state index is 12.5. The van der Waals surface area contributed by atoms with Crippen LogP contribution in [-0.2, 0) is 16.6 Å². The number of benzene rings is 1. The summed E-state index contributed by atoms with van der Waals surface area (Å²) in [4.78, 5) is 4.18. The highest BCUT2D eigenvalue weighted by atomic mass is 32.2. The second kappa shape index (κ2) is 6.94. The van der Waals surface area contributed by atoms with E-state index in [1.165, 1.54) is 19.2 Å². The van der Waals surface area contributed by atoms with Crippen molar-refractivity contribution in [1.29, 1.82) is 0 Å². The summed E-state index contributed by atoms with van der Waals surface area (Å²) in [7, 11) is -2.29. The predicted molar refractivity (Wildman–Crippen MR) is 94.1 cm³/mol. The third-order valence-corrected chi connectivity index (χ3v) is 5.07. The van der Waals surface area contributed by atoms with Gasteiger partial charge in [-0.15, -0.1) is 0 Å². The minimum absolute atomic E-state index is 0.0888. The molecule has 0 bridgehead atoms. The summed E-state index contributed by atoms with van der Waals surface area (Å²) in [5.74, 6) is 0.620. The molecule has 7 nitrogen and oxygen atoms in total.